The molecule has 1 aromatic heterocycles. The molecule has 0 aliphatic rings. The molecule has 1 aromatic rings. The number of nitro groups is 1. The van der Waals surface area contributed by atoms with Gasteiger partial charge in [-0.05, 0) is 0 Å². The highest BCUT2D eigenvalue weighted by molar-refractivity contribution is 4.89. The Morgan fingerprint density at radius 2 is 2.56 bits per heavy atom. The summed E-state index contributed by atoms with van der Waals surface area (Å²) in [5, 5.41) is 10.0. The molecule has 0 amide bonds. The van der Waals surface area contributed by atoms with Crippen LogP contribution in [0.1, 0.15) is 0 Å². The fraction of sp³-hybridized carbons (Fsp3) is 0.250. The Morgan fingerprint density at radius 1 is 1.89 bits per heavy atom. The molecule has 0 spiro atoms. The maximum Gasteiger partial charge on any atom is 0.577 e. The van der Waals surface area contributed by atoms with E-state index in [4.69, 9.17) is 0 Å². The van der Waals surface area contributed by atoms with Crippen LogP contribution in [0.5, 0.6) is 0 Å². The molecule has 0 atom stereocenters. The summed E-state index contributed by atoms with van der Waals surface area (Å²) >= 11 is 0. The van der Waals surface area contributed by atoms with Gasteiger partial charge in [-0.1, -0.05) is 0 Å². The molecule has 0 aromatic carbocycles. The van der Waals surface area contributed by atoms with Crippen molar-refractivity contribution in [3.05, 3.63) is 22.5 Å². The van der Waals surface area contributed by atoms with Gasteiger partial charge in [-0.25, -0.2) is 0 Å². The zero-order valence-electron chi connectivity index (χ0n) is 4.87. The number of aryl methyl sites for hydroxylation is 1. The van der Waals surface area contributed by atoms with Crippen LogP contribution in [0.3, 0.4) is 0 Å². The van der Waals surface area contributed by atoms with Crippen molar-refractivity contribution in [3.63, 3.8) is 0 Å². The molecule has 1 heterocycles. The molecule has 1 N–H and O–H groups in total. The van der Waals surface area contributed by atoms with Crippen LogP contribution >= 0.6 is 0 Å². The topological polar surface area (TPSA) is 62.8 Å². The minimum absolute atomic E-state index is 0.00463. The summed E-state index contributed by atoms with van der Waals surface area (Å²) < 4.78 is 1.40. The SMILES string of the molecule is C[n+]1cc[nH]c1[N+](=O)[O-]. The molecule has 5 nitrogen and oxygen atoms in total. The van der Waals surface area contributed by atoms with Crippen LogP contribution in [-0.4, -0.2) is 9.91 Å². The molecule has 48 valence electrons. The predicted molar refractivity (Wildman–Crippen MR) is 28.6 cm³/mol. The van der Waals surface area contributed by atoms with E-state index in [1.165, 1.54) is 10.8 Å². The monoisotopic (exact) mass is 128 g/mol. The van der Waals surface area contributed by atoms with Gasteiger partial charge in [0.05, 0.1) is 4.92 Å². The zero-order valence-corrected chi connectivity index (χ0v) is 4.87. The van der Waals surface area contributed by atoms with Crippen LogP contribution in [-0.2, 0) is 7.05 Å². The molecule has 0 saturated carbocycles. The van der Waals surface area contributed by atoms with Crippen LogP contribution in [0.15, 0.2) is 12.4 Å². The second-order valence-corrected chi connectivity index (χ2v) is 1.65. The molecule has 0 aliphatic carbocycles. The lowest BCUT2D eigenvalue weighted by Crippen LogP contribution is -2.28. The van der Waals surface area contributed by atoms with Crippen molar-refractivity contribution in [1.29, 1.82) is 0 Å². The molecule has 0 radical (unpaired) electrons. The summed E-state index contributed by atoms with van der Waals surface area (Å²) in [6, 6.07) is 0. The van der Waals surface area contributed by atoms with Gasteiger partial charge in [0.1, 0.15) is 7.05 Å². The maximum absolute atomic E-state index is 10.0. The second kappa shape index (κ2) is 1.85. The van der Waals surface area contributed by atoms with Gasteiger partial charge in [-0.2, -0.15) is 9.55 Å². The van der Waals surface area contributed by atoms with Gasteiger partial charge in [0.2, 0.25) is 0 Å². The minimum atomic E-state index is -0.472. The average molecular weight is 128 g/mol. The molecule has 0 aliphatic heterocycles. The van der Waals surface area contributed by atoms with E-state index in [0.29, 0.717) is 0 Å². The number of rotatable bonds is 1. The van der Waals surface area contributed by atoms with E-state index in [0.717, 1.165) is 0 Å². The van der Waals surface area contributed by atoms with Gasteiger partial charge in [0, 0.05) is 0 Å². The smallest absolute Gasteiger partial charge is 0.320 e. The van der Waals surface area contributed by atoms with Gasteiger partial charge in [0.15, 0.2) is 12.4 Å². The average Bonchev–Trinajstić information content (AvgIpc) is 2.13. The number of nitrogens with zero attached hydrogens (tertiary/aromatic N) is 2. The Bertz CT molecular complexity index is 229. The van der Waals surface area contributed by atoms with Crippen molar-refractivity contribution in [2.24, 2.45) is 7.05 Å². The lowest BCUT2D eigenvalue weighted by atomic mass is 10.9. The predicted octanol–water partition coefficient (Wildman–Crippen LogP) is -0.253. The summed E-state index contributed by atoms with van der Waals surface area (Å²) in [6.45, 7) is 0. The first-order valence-corrected chi connectivity index (χ1v) is 2.39. The number of hydrogen-bond acceptors (Lipinski definition) is 2. The summed E-state index contributed by atoms with van der Waals surface area (Å²) in [5.74, 6) is -0.00463. The standard InChI is InChI=1S/C4H5N3O2/c1-6-3-2-5-4(6)7(8)9/h2-3H,1H3/p+1. The molecule has 0 saturated heterocycles. The third-order valence-corrected chi connectivity index (χ3v) is 1.02. The summed E-state index contributed by atoms with van der Waals surface area (Å²) in [6.07, 6.45) is 3.09. The molecule has 5 heteroatoms. The van der Waals surface area contributed by atoms with Crippen LogP contribution in [0.4, 0.5) is 5.95 Å². The summed E-state index contributed by atoms with van der Waals surface area (Å²) in [4.78, 5) is 12.0. The normalized spacial score (nSPS) is 9.44. The number of imidazole rings is 1. The van der Waals surface area contributed by atoms with Crippen LogP contribution in [0, 0.1) is 10.1 Å². The molecule has 0 fully saturated rings. The molecular formula is C4H6N3O2+. The van der Waals surface area contributed by atoms with Crippen LogP contribution < -0.4 is 4.57 Å². The third kappa shape index (κ3) is 0.883. The van der Waals surface area contributed by atoms with E-state index in [-0.39, 0.29) is 5.95 Å². The first kappa shape index (κ1) is 5.74. The Kier molecular flexibility index (Phi) is 1.18. The quantitative estimate of drug-likeness (QED) is 0.322. The second-order valence-electron chi connectivity index (χ2n) is 1.65. The van der Waals surface area contributed by atoms with Gasteiger partial charge in [-0.3, -0.25) is 0 Å². The van der Waals surface area contributed by atoms with E-state index in [9.17, 15) is 10.1 Å². The van der Waals surface area contributed by atoms with E-state index < -0.39 is 4.92 Å². The van der Waals surface area contributed by atoms with Gasteiger partial charge in [0.25, 0.3) is 0 Å². The first-order valence-electron chi connectivity index (χ1n) is 2.39. The van der Waals surface area contributed by atoms with E-state index in [2.05, 4.69) is 4.98 Å². The Balaban J connectivity index is 3.08. The Morgan fingerprint density at radius 3 is 2.78 bits per heavy atom. The lowest BCUT2D eigenvalue weighted by molar-refractivity contribution is -0.715. The zero-order chi connectivity index (χ0) is 6.85. The van der Waals surface area contributed by atoms with Crippen molar-refractivity contribution in [2.75, 3.05) is 0 Å². The van der Waals surface area contributed by atoms with E-state index in [1.807, 2.05) is 0 Å². The molecule has 9 heavy (non-hydrogen) atoms. The molecule has 0 bridgehead atoms. The maximum atomic E-state index is 10.0. The van der Waals surface area contributed by atoms with Crippen LogP contribution in [0.25, 0.3) is 0 Å². The Hall–Kier alpha value is -1.39. The highest BCUT2D eigenvalue weighted by Gasteiger charge is 2.16. The van der Waals surface area contributed by atoms with Crippen molar-refractivity contribution < 1.29 is 9.49 Å². The van der Waals surface area contributed by atoms with Crippen molar-refractivity contribution in [2.45, 2.75) is 0 Å². The number of hydrogen-bond donors (Lipinski definition) is 1. The Labute approximate surface area is 51.1 Å². The molecule has 1 rings (SSSR count). The number of H-pyrrole nitrogens is 1. The van der Waals surface area contributed by atoms with Gasteiger partial charge >= 0.3 is 5.95 Å². The molecule has 0 unspecified atom stereocenters. The fourth-order valence-corrected chi connectivity index (χ4v) is 0.578. The van der Waals surface area contributed by atoms with Crippen molar-refractivity contribution in [3.8, 4) is 0 Å². The first-order chi connectivity index (χ1) is 4.22. The minimum Gasteiger partial charge on any atom is -0.320 e. The third-order valence-electron chi connectivity index (χ3n) is 1.02. The number of nitrogens with one attached hydrogen (secondary N) is 1. The van der Waals surface area contributed by atoms with E-state index in [1.54, 1.807) is 13.2 Å². The van der Waals surface area contributed by atoms with E-state index >= 15 is 0 Å². The molecular weight excluding hydrogens is 122 g/mol. The van der Waals surface area contributed by atoms with Gasteiger partial charge < -0.3 is 10.1 Å². The number of aromatic amines is 1. The summed E-state index contributed by atoms with van der Waals surface area (Å²) in [5.41, 5.74) is 0. The fourth-order valence-electron chi connectivity index (χ4n) is 0.578. The van der Waals surface area contributed by atoms with Crippen LogP contribution in [0.2, 0.25) is 0 Å². The van der Waals surface area contributed by atoms with Crippen molar-refractivity contribution in [1.82, 2.24) is 4.98 Å². The highest BCUT2D eigenvalue weighted by atomic mass is 16.6. The largest absolute Gasteiger partial charge is 0.577 e. The number of aromatic nitrogens is 2. The lowest BCUT2D eigenvalue weighted by Gasteiger charge is -1.81. The van der Waals surface area contributed by atoms with Crippen molar-refractivity contribution >= 4 is 5.95 Å². The highest BCUT2D eigenvalue weighted by Crippen LogP contribution is 1.93. The van der Waals surface area contributed by atoms with Gasteiger partial charge in [-0.15, -0.1) is 0 Å². The summed E-state index contributed by atoms with van der Waals surface area (Å²) in [7, 11) is 1.61.